The Morgan fingerprint density at radius 2 is 1.62 bits per heavy atom. The van der Waals surface area contributed by atoms with Gasteiger partial charge in [-0.15, -0.1) is 12.4 Å². The molecule has 29 heavy (non-hydrogen) atoms. The van der Waals surface area contributed by atoms with Crippen molar-refractivity contribution in [2.45, 2.75) is 45.1 Å². The number of benzene rings is 1. The highest BCUT2D eigenvalue weighted by Gasteiger charge is 2.42. The maximum absolute atomic E-state index is 13.8. The average Bonchev–Trinajstić information content (AvgIpc) is 2.69. The first-order valence-corrected chi connectivity index (χ1v) is 10.5. The van der Waals surface area contributed by atoms with E-state index in [0.29, 0.717) is 49.1 Å². The maximum Gasteiger partial charge on any atom is 0.254 e. The highest BCUT2D eigenvalue weighted by atomic mass is 35.5. The summed E-state index contributed by atoms with van der Waals surface area (Å²) >= 11 is 0. The Labute approximate surface area is 178 Å². The molecule has 1 aliphatic heterocycles. The van der Waals surface area contributed by atoms with E-state index in [0.717, 1.165) is 25.7 Å². The van der Waals surface area contributed by atoms with Crippen LogP contribution in [0.1, 0.15) is 48.0 Å². The lowest BCUT2D eigenvalue weighted by atomic mass is 9.65. The predicted octanol–water partition coefficient (Wildman–Crippen LogP) is 2.99. The SMILES string of the molecule is Cc1ccc(C(=O)N2CCN(C(=O)C3CC4CCCC(C3)C4N)CC2)cc1F.Cl. The first kappa shape index (κ1) is 22.0. The van der Waals surface area contributed by atoms with Crippen LogP contribution in [0.2, 0.25) is 0 Å². The van der Waals surface area contributed by atoms with Crippen molar-refractivity contribution in [1.82, 2.24) is 9.80 Å². The van der Waals surface area contributed by atoms with Gasteiger partial charge in [0.1, 0.15) is 5.82 Å². The van der Waals surface area contributed by atoms with E-state index in [9.17, 15) is 14.0 Å². The summed E-state index contributed by atoms with van der Waals surface area (Å²) in [6.07, 6.45) is 5.37. The summed E-state index contributed by atoms with van der Waals surface area (Å²) in [6.45, 7) is 3.78. The van der Waals surface area contributed by atoms with E-state index in [2.05, 4.69) is 0 Å². The van der Waals surface area contributed by atoms with Gasteiger partial charge < -0.3 is 15.5 Å². The molecule has 1 aromatic rings. The topological polar surface area (TPSA) is 66.6 Å². The normalized spacial score (nSPS) is 29.2. The molecular formula is C22H31ClFN3O2. The van der Waals surface area contributed by atoms with E-state index < -0.39 is 0 Å². The molecule has 7 heteroatoms. The van der Waals surface area contributed by atoms with Gasteiger partial charge in [-0.25, -0.2) is 4.39 Å². The van der Waals surface area contributed by atoms with Crippen molar-refractivity contribution in [1.29, 1.82) is 0 Å². The fourth-order valence-corrected chi connectivity index (χ4v) is 5.29. The summed E-state index contributed by atoms with van der Waals surface area (Å²) in [5.41, 5.74) is 7.26. The number of nitrogens with zero attached hydrogens (tertiary/aromatic N) is 2. The van der Waals surface area contributed by atoms with Crippen molar-refractivity contribution < 1.29 is 14.0 Å². The molecular weight excluding hydrogens is 393 g/mol. The summed E-state index contributed by atoms with van der Waals surface area (Å²) < 4.78 is 13.8. The van der Waals surface area contributed by atoms with Crippen molar-refractivity contribution in [2.24, 2.45) is 23.5 Å². The summed E-state index contributed by atoms with van der Waals surface area (Å²) in [4.78, 5) is 29.3. The zero-order chi connectivity index (χ0) is 19.8. The molecule has 0 aromatic heterocycles. The summed E-state index contributed by atoms with van der Waals surface area (Å²) in [5.74, 6) is 0.771. The zero-order valence-corrected chi connectivity index (χ0v) is 17.8. The largest absolute Gasteiger partial charge is 0.339 e. The molecule has 2 amide bonds. The molecule has 4 rings (SSSR count). The van der Waals surface area contributed by atoms with Crippen molar-refractivity contribution in [2.75, 3.05) is 26.2 Å². The number of nitrogens with two attached hydrogens (primary N) is 1. The first-order chi connectivity index (χ1) is 13.4. The number of amides is 2. The van der Waals surface area contributed by atoms with E-state index >= 15 is 0 Å². The van der Waals surface area contributed by atoms with Gasteiger partial charge >= 0.3 is 0 Å². The Morgan fingerprint density at radius 3 is 2.21 bits per heavy atom. The van der Waals surface area contributed by atoms with Crippen LogP contribution in [0.4, 0.5) is 4.39 Å². The molecule has 2 atom stereocenters. The molecule has 1 saturated heterocycles. The van der Waals surface area contributed by atoms with Crippen LogP contribution in [0.5, 0.6) is 0 Å². The molecule has 2 bridgehead atoms. The second kappa shape index (κ2) is 9.00. The fraction of sp³-hybridized carbons (Fsp3) is 0.636. The number of aryl methyl sites for hydroxylation is 1. The van der Waals surface area contributed by atoms with E-state index in [1.807, 2.05) is 4.90 Å². The molecule has 1 heterocycles. The van der Waals surface area contributed by atoms with E-state index in [1.165, 1.54) is 12.5 Å². The second-order valence-corrected chi connectivity index (χ2v) is 8.78. The quantitative estimate of drug-likeness (QED) is 0.795. The minimum absolute atomic E-state index is 0. The lowest BCUT2D eigenvalue weighted by molar-refractivity contribution is -0.140. The van der Waals surface area contributed by atoms with Gasteiger partial charge in [0.15, 0.2) is 0 Å². The molecule has 3 aliphatic rings. The number of hydrogen-bond donors (Lipinski definition) is 1. The van der Waals surface area contributed by atoms with Crippen LogP contribution in [0, 0.1) is 30.5 Å². The van der Waals surface area contributed by atoms with Crippen LogP contribution < -0.4 is 5.73 Å². The van der Waals surface area contributed by atoms with Gasteiger partial charge in [0.25, 0.3) is 5.91 Å². The maximum atomic E-state index is 13.8. The van der Waals surface area contributed by atoms with E-state index in [-0.39, 0.29) is 42.0 Å². The van der Waals surface area contributed by atoms with Gasteiger partial charge in [0.2, 0.25) is 5.91 Å². The Morgan fingerprint density at radius 1 is 1.03 bits per heavy atom. The number of piperazine rings is 1. The third-order valence-corrected chi connectivity index (χ3v) is 7.06. The highest BCUT2D eigenvalue weighted by molar-refractivity contribution is 5.94. The van der Waals surface area contributed by atoms with Gasteiger partial charge in [-0.1, -0.05) is 12.5 Å². The molecule has 0 radical (unpaired) electrons. The number of halogens is 2. The van der Waals surface area contributed by atoms with Crippen LogP contribution in [-0.2, 0) is 4.79 Å². The standard InChI is InChI=1S/C22H30FN3O2.ClH/c1-14-5-6-17(13-19(14)23)21(27)25-7-9-26(10-8-25)22(28)18-11-15-3-2-4-16(12-18)20(15)24;/h5-6,13,15-16,18,20H,2-4,7-12,24H2,1H3;1H. The van der Waals surface area contributed by atoms with Crippen molar-refractivity contribution in [3.63, 3.8) is 0 Å². The predicted molar refractivity (Wildman–Crippen MR) is 112 cm³/mol. The molecule has 2 aliphatic carbocycles. The molecule has 160 valence electrons. The van der Waals surface area contributed by atoms with Crippen LogP contribution in [-0.4, -0.2) is 53.8 Å². The number of rotatable bonds is 2. The Hall–Kier alpha value is -1.66. The van der Waals surface area contributed by atoms with Crippen molar-refractivity contribution in [3.8, 4) is 0 Å². The van der Waals surface area contributed by atoms with Gasteiger partial charge in [-0.2, -0.15) is 0 Å². The lowest BCUT2D eigenvalue weighted by Crippen LogP contribution is -2.54. The Bertz CT molecular complexity index is 752. The molecule has 2 saturated carbocycles. The number of carbonyl (C=O) groups excluding carboxylic acids is 2. The lowest BCUT2D eigenvalue weighted by Gasteiger charge is -2.45. The fourth-order valence-electron chi connectivity index (χ4n) is 5.29. The first-order valence-electron chi connectivity index (χ1n) is 10.5. The van der Waals surface area contributed by atoms with E-state index in [4.69, 9.17) is 5.73 Å². The van der Waals surface area contributed by atoms with Crippen molar-refractivity contribution in [3.05, 3.63) is 35.1 Å². The van der Waals surface area contributed by atoms with Gasteiger partial charge in [0.05, 0.1) is 0 Å². The molecule has 2 N–H and O–H groups in total. The second-order valence-electron chi connectivity index (χ2n) is 8.78. The molecule has 2 unspecified atom stereocenters. The number of fused-ring (bicyclic) bond motifs is 2. The van der Waals surface area contributed by atoms with Gasteiger partial charge in [-0.3, -0.25) is 9.59 Å². The highest BCUT2D eigenvalue weighted by Crippen LogP contribution is 2.42. The van der Waals surface area contributed by atoms with Crippen LogP contribution in [0.25, 0.3) is 0 Å². The summed E-state index contributed by atoms with van der Waals surface area (Å²) in [7, 11) is 0. The molecule has 3 fully saturated rings. The monoisotopic (exact) mass is 423 g/mol. The Kier molecular flexibility index (Phi) is 6.84. The van der Waals surface area contributed by atoms with Crippen molar-refractivity contribution >= 4 is 24.2 Å². The van der Waals surface area contributed by atoms with Crippen LogP contribution in [0.3, 0.4) is 0 Å². The Balaban J connectivity index is 0.00000240. The third kappa shape index (κ3) is 4.43. The molecule has 1 aromatic carbocycles. The third-order valence-electron chi connectivity index (χ3n) is 7.06. The zero-order valence-electron chi connectivity index (χ0n) is 17.0. The van der Waals surface area contributed by atoms with Gasteiger partial charge in [0, 0.05) is 43.7 Å². The number of hydrogen-bond acceptors (Lipinski definition) is 3. The molecule has 5 nitrogen and oxygen atoms in total. The number of carbonyl (C=O) groups is 2. The average molecular weight is 424 g/mol. The van der Waals surface area contributed by atoms with E-state index in [1.54, 1.807) is 24.0 Å². The minimum Gasteiger partial charge on any atom is -0.339 e. The van der Waals surface area contributed by atoms with Gasteiger partial charge in [-0.05, 0) is 62.1 Å². The summed E-state index contributed by atoms with van der Waals surface area (Å²) in [5, 5.41) is 0. The minimum atomic E-state index is -0.360. The summed E-state index contributed by atoms with van der Waals surface area (Å²) in [6, 6.07) is 4.87. The molecule has 0 spiro atoms. The smallest absolute Gasteiger partial charge is 0.254 e. The van der Waals surface area contributed by atoms with Crippen LogP contribution in [0.15, 0.2) is 18.2 Å². The van der Waals surface area contributed by atoms with Crippen LogP contribution >= 0.6 is 12.4 Å².